The summed E-state index contributed by atoms with van der Waals surface area (Å²) in [6.07, 6.45) is 1.80. The molecule has 0 bridgehead atoms. The van der Waals surface area contributed by atoms with E-state index < -0.39 is 5.97 Å². The van der Waals surface area contributed by atoms with Gasteiger partial charge in [-0.25, -0.2) is 9.78 Å². The lowest BCUT2D eigenvalue weighted by Gasteiger charge is -2.30. The van der Waals surface area contributed by atoms with Gasteiger partial charge in [0.05, 0.1) is 5.56 Å². The molecule has 21 heavy (non-hydrogen) atoms. The van der Waals surface area contributed by atoms with Crippen LogP contribution in [0.3, 0.4) is 0 Å². The largest absolute Gasteiger partial charge is 0.478 e. The summed E-state index contributed by atoms with van der Waals surface area (Å²) in [5.41, 5.74) is 3.88. The number of fused-ring (bicyclic) bond motifs is 1. The predicted octanol–water partition coefficient (Wildman–Crippen LogP) is 3.09. The van der Waals surface area contributed by atoms with Gasteiger partial charge in [0, 0.05) is 18.2 Å². The third-order valence-electron chi connectivity index (χ3n) is 3.98. The van der Waals surface area contributed by atoms with Crippen molar-refractivity contribution in [1.29, 1.82) is 0 Å². The molecule has 1 aliphatic carbocycles. The molecule has 2 N–H and O–H groups in total. The van der Waals surface area contributed by atoms with Crippen molar-refractivity contribution in [3.8, 4) is 0 Å². The first-order chi connectivity index (χ1) is 10.2. The van der Waals surface area contributed by atoms with Gasteiger partial charge in [0.25, 0.3) is 0 Å². The fraction of sp³-hybridized carbons (Fsp3) is 0.294. The fourth-order valence-corrected chi connectivity index (χ4v) is 2.76. The van der Waals surface area contributed by atoms with Crippen LogP contribution in [0.25, 0.3) is 0 Å². The molecule has 1 aromatic carbocycles. The molecule has 3 rings (SSSR count). The Bertz CT molecular complexity index is 682. The van der Waals surface area contributed by atoms with E-state index in [9.17, 15) is 4.79 Å². The van der Waals surface area contributed by atoms with Crippen LogP contribution in [0.15, 0.2) is 36.4 Å². The second kappa shape index (κ2) is 5.56. The molecule has 0 aliphatic heterocycles. The molecule has 1 aromatic heterocycles. The van der Waals surface area contributed by atoms with Crippen LogP contribution in [0.1, 0.15) is 40.0 Å². The van der Waals surface area contributed by atoms with Crippen LogP contribution < -0.4 is 5.32 Å². The molecular formula is C17H18N2O2. The summed E-state index contributed by atoms with van der Waals surface area (Å²) in [4.78, 5) is 15.6. The zero-order valence-corrected chi connectivity index (χ0v) is 12.0. The molecule has 4 heteroatoms. The Labute approximate surface area is 123 Å². The van der Waals surface area contributed by atoms with E-state index in [0.29, 0.717) is 17.3 Å². The Kier molecular flexibility index (Phi) is 3.60. The van der Waals surface area contributed by atoms with Crippen molar-refractivity contribution in [3.63, 3.8) is 0 Å². The molecule has 0 radical (unpaired) electrons. The third-order valence-corrected chi connectivity index (χ3v) is 3.98. The minimum absolute atomic E-state index is 0.290. The van der Waals surface area contributed by atoms with Crippen LogP contribution in [0.2, 0.25) is 0 Å². The molecule has 0 amide bonds. The van der Waals surface area contributed by atoms with Gasteiger partial charge in [-0.15, -0.1) is 0 Å². The van der Waals surface area contributed by atoms with Gasteiger partial charge in [0.1, 0.15) is 5.82 Å². The van der Waals surface area contributed by atoms with E-state index in [4.69, 9.17) is 5.11 Å². The highest BCUT2D eigenvalue weighted by molar-refractivity contribution is 5.88. The molecule has 4 nitrogen and oxygen atoms in total. The van der Waals surface area contributed by atoms with Crippen LogP contribution in [-0.4, -0.2) is 22.6 Å². The number of benzene rings is 1. The smallest absolute Gasteiger partial charge is 0.335 e. The Hall–Kier alpha value is -2.36. The van der Waals surface area contributed by atoms with E-state index in [1.54, 1.807) is 12.1 Å². The lowest BCUT2D eigenvalue weighted by Crippen LogP contribution is -2.24. The Morgan fingerprint density at radius 3 is 2.90 bits per heavy atom. The molecule has 0 fully saturated rings. The number of carboxylic acid groups (broad SMARTS) is 1. The van der Waals surface area contributed by atoms with Crippen LogP contribution in [0.4, 0.5) is 5.82 Å². The van der Waals surface area contributed by atoms with Gasteiger partial charge in [-0.2, -0.15) is 0 Å². The first kappa shape index (κ1) is 13.6. The van der Waals surface area contributed by atoms with E-state index in [-0.39, 0.29) is 0 Å². The number of aromatic nitrogens is 1. The van der Waals surface area contributed by atoms with E-state index >= 15 is 0 Å². The second-order valence-electron chi connectivity index (χ2n) is 5.37. The van der Waals surface area contributed by atoms with E-state index in [2.05, 4.69) is 34.6 Å². The van der Waals surface area contributed by atoms with Crippen molar-refractivity contribution < 1.29 is 9.90 Å². The van der Waals surface area contributed by atoms with Gasteiger partial charge in [0.15, 0.2) is 0 Å². The van der Waals surface area contributed by atoms with Crippen LogP contribution >= 0.6 is 0 Å². The number of carboxylic acids is 1. The zero-order chi connectivity index (χ0) is 14.8. The summed E-state index contributed by atoms with van der Waals surface area (Å²) in [6.45, 7) is 2.76. The number of aromatic carboxylic acids is 1. The topological polar surface area (TPSA) is 62.2 Å². The first-order valence-corrected chi connectivity index (χ1v) is 7.23. The minimum Gasteiger partial charge on any atom is -0.478 e. The van der Waals surface area contributed by atoms with Crippen molar-refractivity contribution in [2.45, 2.75) is 25.7 Å². The Balaban J connectivity index is 1.71. The van der Waals surface area contributed by atoms with Gasteiger partial charge in [-0.1, -0.05) is 31.2 Å². The Morgan fingerprint density at radius 2 is 2.19 bits per heavy atom. The molecule has 0 saturated heterocycles. The minimum atomic E-state index is -0.913. The predicted molar refractivity (Wildman–Crippen MR) is 82.0 cm³/mol. The monoisotopic (exact) mass is 282 g/mol. The molecule has 1 atom stereocenters. The van der Waals surface area contributed by atoms with Crippen molar-refractivity contribution >= 4 is 11.8 Å². The standard InChI is InChI=1S/C17H18N2O2/c1-2-14-8-12(17(20)21)9-16(19-14)18-10-13-7-11-5-3-4-6-15(11)13/h3-6,8-9,13H,2,7,10H2,1H3,(H,18,19)(H,20,21). The molecule has 1 aliphatic rings. The number of nitrogens with one attached hydrogen (secondary N) is 1. The quantitative estimate of drug-likeness (QED) is 0.884. The van der Waals surface area contributed by atoms with E-state index in [1.165, 1.54) is 11.1 Å². The van der Waals surface area contributed by atoms with Crippen LogP contribution in [0, 0.1) is 0 Å². The average molecular weight is 282 g/mol. The van der Waals surface area contributed by atoms with Crippen molar-refractivity contribution in [1.82, 2.24) is 4.98 Å². The number of rotatable bonds is 5. The number of aryl methyl sites for hydroxylation is 1. The number of pyridine rings is 1. The molecule has 108 valence electrons. The number of anilines is 1. The maximum Gasteiger partial charge on any atom is 0.335 e. The lowest BCUT2D eigenvalue weighted by molar-refractivity contribution is 0.0696. The van der Waals surface area contributed by atoms with E-state index in [0.717, 1.165) is 25.1 Å². The maximum atomic E-state index is 11.1. The number of nitrogens with zero attached hydrogens (tertiary/aromatic N) is 1. The highest BCUT2D eigenvalue weighted by atomic mass is 16.4. The van der Waals surface area contributed by atoms with Gasteiger partial charge in [0.2, 0.25) is 0 Å². The van der Waals surface area contributed by atoms with Crippen LogP contribution in [0.5, 0.6) is 0 Å². The summed E-state index contributed by atoms with van der Waals surface area (Å²) in [5, 5.41) is 12.4. The third kappa shape index (κ3) is 2.75. The normalized spacial score (nSPS) is 16.0. The Morgan fingerprint density at radius 1 is 1.38 bits per heavy atom. The summed E-state index contributed by atoms with van der Waals surface area (Å²) in [6, 6.07) is 11.7. The molecule has 1 unspecified atom stereocenters. The molecule has 0 saturated carbocycles. The van der Waals surface area contributed by atoms with Gasteiger partial charge >= 0.3 is 5.97 Å². The number of hydrogen-bond acceptors (Lipinski definition) is 3. The number of carbonyl (C=O) groups is 1. The second-order valence-corrected chi connectivity index (χ2v) is 5.37. The highest BCUT2D eigenvalue weighted by Crippen LogP contribution is 2.34. The van der Waals surface area contributed by atoms with Gasteiger partial charge in [-0.3, -0.25) is 0 Å². The average Bonchev–Trinajstić information content (AvgIpc) is 2.47. The first-order valence-electron chi connectivity index (χ1n) is 7.23. The van der Waals surface area contributed by atoms with Gasteiger partial charge in [-0.05, 0) is 36.1 Å². The molecule has 1 heterocycles. The summed E-state index contributed by atoms with van der Waals surface area (Å²) in [7, 11) is 0. The van der Waals surface area contributed by atoms with Gasteiger partial charge < -0.3 is 10.4 Å². The lowest BCUT2D eigenvalue weighted by atomic mass is 9.77. The van der Waals surface area contributed by atoms with E-state index in [1.807, 2.05) is 6.92 Å². The number of hydrogen-bond donors (Lipinski definition) is 2. The van der Waals surface area contributed by atoms with Crippen molar-refractivity contribution in [2.24, 2.45) is 0 Å². The van der Waals surface area contributed by atoms with Crippen molar-refractivity contribution in [3.05, 3.63) is 58.8 Å². The summed E-state index contributed by atoms with van der Waals surface area (Å²) in [5.74, 6) is 0.224. The van der Waals surface area contributed by atoms with Crippen LogP contribution in [-0.2, 0) is 12.8 Å². The summed E-state index contributed by atoms with van der Waals surface area (Å²) >= 11 is 0. The van der Waals surface area contributed by atoms with Crippen molar-refractivity contribution in [2.75, 3.05) is 11.9 Å². The highest BCUT2D eigenvalue weighted by Gasteiger charge is 2.25. The molecule has 0 spiro atoms. The summed E-state index contributed by atoms with van der Waals surface area (Å²) < 4.78 is 0. The molecular weight excluding hydrogens is 264 g/mol. The SMILES string of the molecule is CCc1cc(C(=O)O)cc(NCC2Cc3ccccc32)n1. The fourth-order valence-electron chi connectivity index (χ4n) is 2.76. The maximum absolute atomic E-state index is 11.1. The zero-order valence-electron chi connectivity index (χ0n) is 12.0. The molecule has 2 aromatic rings.